The third kappa shape index (κ3) is 3.58. The molecule has 0 radical (unpaired) electrons. The summed E-state index contributed by atoms with van der Waals surface area (Å²) in [4.78, 5) is 6.46. The van der Waals surface area contributed by atoms with E-state index in [0.29, 0.717) is 16.5 Å². The molecule has 1 saturated carbocycles. The van der Waals surface area contributed by atoms with Crippen molar-refractivity contribution >= 4 is 17.4 Å². The van der Waals surface area contributed by atoms with Crippen molar-refractivity contribution in [2.24, 2.45) is 0 Å². The van der Waals surface area contributed by atoms with Crippen molar-refractivity contribution in [3.05, 3.63) is 22.8 Å². The zero-order valence-electron chi connectivity index (χ0n) is 9.78. The Morgan fingerprint density at radius 2 is 2.35 bits per heavy atom. The zero-order chi connectivity index (χ0) is 12.3. The predicted molar refractivity (Wildman–Crippen MR) is 68.1 cm³/mol. The lowest BCUT2D eigenvalue weighted by Crippen LogP contribution is -2.27. The molecule has 0 saturated heterocycles. The number of halogens is 1. The second-order valence-electron chi connectivity index (χ2n) is 4.31. The second-order valence-corrected chi connectivity index (χ2v) is 4.70. The molecular weight excluding hydrogens is 236 g/mol. The lowest BCUT2D eigenvalue weighted by Gasteiger charge is -2.16. The van der Waals surface area contributed by atoms with Gasteiger partial charge in [0, 0.05) is 19.1 Å². The summed E-state index contributed by atoms with van der Waals surface area (Å²) in [5, 5.41) is 12.3. The van der Waals surface area contributed by atoms with Gasteiger partial charge in [0.2, 0.25) is 0 Å². The molecular formula is C12H15ClN4. The maximum Gasteiger partial charge on any atom is 0.132 e. The standard InChI is InChI=1S/C12H15ClN4/c1-17(10-2-3-10)5-4-15-12-7-9(8-14)6-11(13)16-12/h6-7,10H,2-5H2,1H3,(H,15,16). The molecule has 0 spiro atoms. The summed E-state index contributed by atoms with van der Waals surface area (Å²) < 4.78 is 0. The number of pyridine rings is 1. The molecule has 4 nitrogen and oxygen atoms in total. The van der Waals surface area contributed by atoms with Crippen LogP contribution in [0.25, 0.3) is 0 Å². The molecule has 1 aliphatic rings. The van der Waals surface area contributed by atoms with Gasteiger partial charge in [0.1, 0.15) is 11.0 Å². The third-order valence-electron chi connectivity index (χ3n) is 2.86. The van der Waals surface area contributed by atoms with E-state index in [9.17, 15) is 0 Å². The molecule has 1 aromatic rings. The molecule has 5 heteroatoms. The summed E-state index contributed by atoms with van der Waals surface area (Å²) >= 11 is 5.82. The molecule has 1 N–H and O–H groups in total. The van der Waals surface area contributed by atoms with E-state index in [1.807, 2.05) is 0 Å². The molecule has 0 unspecified atom stereocenters. The van der Waals surface area contributed by atoms with Crippen molar-refractivity contribution in [3.8, 4) is 6.07 Å². The molecule has 0 bridgehead atoms. The number of hydrogen-bond acceptors (Lipinski definition) is 4. The number of nitriles is 1. The first kappa shape index (κ1) is 12.2. The van der Waals surface area contributed by atoms with Crippen LogP contribution in [-0.2, 0) is 0 Å². The van der Waals surface area contributed by atoms with Crippen LogP contribution < -0.4 is 5.32 Å². The summed E-state index contributed by atoms with van der Waals surface area (Å²) in [5.41, 5.74) is 0.531. The maximum atomic E-state index is 8.81. The lowest BCUT2D eigenvalue weighted by molar-refractivity contribution is 0.337. The third-order valence-corrected chi connectivity index (χ3v) is 3.06. The fourth-order valence-electron chi connectivity index (χ4n) is 1.71. The van der Waals surface area contributed by atoms with Gasteiger partial charge in [-0.15, -0.1) is 0 Å². The van der Waals surface area contributed by atoms with Gasteiger partial charge in [-0.1, -0.05) is 11.6 Å². The van der Waals surface area contributed by atoms with Gasteiger partial charge < -0.3 is 10.2 Å². The Morgan fingerprint density at radius 3 is 3.00 bits per heavy atom. The number of nitrogens with zero attached hydrogens (tertiary/aromatic N) is 3. The topological polar surface area (TPSA) is 52.0 Å². The van der Waals surface area contributed by atoms with E-state index in [2.05, 4.69) is 28.3 Å². The van der Waals surface area contributed by atoms with E-state index in [4.69, 9.17) is 16.9 Å². The molecule has 2 rings (SSSR count). The van der Waals surface area contributed by atoms with Crippen LogP contribution in [0.2, 0.25) is 5.15 Å². The summed E-state index contributed by atoms with van der Waals surface area (Å²) in [6.07, 6.45) is 2.62. The van der Waals surface area contributed by atoms with Crippen molar-refractivity contribution < 1.29 is 0 Å². The van der Waals surface area contributed by atoms with Gasteiger partial charge in [0.25, 0.3) is 0 Å². The van der Waals surface area contributed by atoms with Crippen molar-refractivity contribution in [3.63, 3.8) is 0 Å². The number of likely N-dealkylation sites (N-methyl/N-ethyl adjacent to an activating group) is 1. The first-order chi connectivity index (χ1) is 8.19. The highest BCUT2D eigenvalue weighted by molar-refractivity contribution is 6.29. The van der Waals surface area contributed by atoms with E-state index >= 15 is 0 Å². The van der Waals surface area contributed by atoms with Crippen LogP contribution in [0, 0.1) is 11.3 Å². The average Bonchev–Trinajstić information content (AvgIpc) is 3.12. The van der Waals surface area contributed by atoms with E-state index in [1.54, 1.807) is 12.1 Å². The molecule has 0 atom stereocenters. The molecule has 90 valence electrons. The zero-order valence-corrected chi connectivity index (χ0v) is 10.5. The van der Waals surface area contributed by atoms with Crippen LogP contribution in [0.15, 0.2) is 12.1 Å². The monoisotopic (exact) mass is 250 g/mol. The molecule has 1 aromatic heterocycles. The summed E-state index contributed by atoms with van der Waals surface area (Å²) in [5.74, 6) is 0.665. The Bertz CT molecular complexity index is 437. The van der Waals surface area contributed by atoms with Crippen molar-refractivity contribution in [2.45, 2.75) is 18.9 Å². The highest BCUT2D eigenvalue weighted by Gasteiger charge is 2.25. The first-order valence-corrected chi connectivity index (χ1v) is 6.08. The Balaban J connectivity index is 1.85. The molecule has 1 fully saturated rings. The van der Waals surface area contributed by atoms with Gasteiger partial charge in [-0.2, -0.15) is 5.26 Å². The molecule has 0 aromatic carbocycles. The van der Waals surface area contributed by atoms with Crippen LogP contribution >= 0.6 is 11.6 Å². The van der Waals surface area contributed by atoms with Gasteiger partial charge in [-0.3, -0.25) is 0 Å². The van der Waals surface area contributed by atoms with Crippen molar-refractivity contribution in [1.29, 1.82) is 5.26 Å². The number of rotatable bonds is 5. The fraction of sp³-hybridized carbons (Fsp3) is 0.500. The van der Waals surface area contributed by atoms with Crippen LogP contribution in [0.1, 0.15) is 18.4 Å². The van der Waals surface area contributed by atoms with E-state index in [0.717, 1.165) is 19.1 Å². The SMILES string of the molecule is CN(CCNc1cc(C#N)cc(Cl)n1)C1CC1. The van der Waals surface area contributed by atoms with E-state index < -0.39 is 0 Å². The molecule has 1 heterocycles. The summed E-state index contributed by atoms with van der Waals surface area (Å²) in [7, 11) is 2.13. The minimum Gasteiger partial charge on any atom is -0.369 e. The number of hydrogen-bond donors (Lipinski definition) is 1. The normalized spacial score (nSPS) is 14.7. The maximum absolute atomic E-state index is 8.81. The quantitative estimate of drug-likeness (QED) is 0.814. The van der Waals surface area contributed by atoms with Gasteiger partial charge in [0.05, 0.1) is 11.6 Å². The molecule has 0 aliphatic heterocycles. The van der Waals surface area contributed by atoms with Crippen LogP contribution in [-0.4, -0.2) is 36.1 Å². The van der Waals surface area contributed by atoms with Gasteiger partial charge >= 0.3 is 0 Å². The van der Waals surface area contributed by atoms with Crippen LogP contribution in [0.5, 0.6) is 0 Å². The Labute approximate surface area is 106 Å². The Kier molecular flexibility index (Phi) is 3.82. The smallest absolute Gasteiger partial charge is 0.132 e. The van der Waals surface area contributed by atoms with Gasteiger partial charge in [-0.05, 0) is 32.0 Å². The predicted octanol–water partition coefficient (Wildman–Crippen LogP) is 2.11. The van der Waals surface area contributed by atoms with Gasteiger partial charge in [-0.25, -0.2) is 4.98 Å². The Morgan fingerprint density at radius 1 is 1.59 bits per heavy atom. The number of anilines is 1. The first-order valence-electron chi connectivity index (χ1n) is 5.71. The van der Waals surface area contributed by atoms with Gasteiger partial charge in [0.15, 0.2) is 0 Å². The second kappa shape index (κ2) is 5.35. The lowest BCUT2D eigenvalue weighted by atomic mass is 10.3. The van der Waals surface area contributed by atoms with Crippen LogP contribution in [0.4, 0.5) is 5.82 Å². The molecule has 0 amide bonds. The highest BCUT2D eigenvalue weighted by Crippen LogP contribution is 2.24. The Hall–Kier alpha value is -1.31. The molecule has 1 aliphatic carbocycles. The summed E-state index contributed by atoms with van der Waals surface area (Å²) in [6.45, 7) is 1.78. The van der Waals surface area contributed by atoms with E-state index in [-0.39, 0.29) is 0 Å². The minimum atomic E-state index is 0.349. The van der Waals surface area contributed by atoms with Crippen molar-refractivity contribution in [1.82, 2.24) is 9.88 Å². The fourth-order valence-corrected chi connectivity index (χ4v) is 1.92. The number of nitrogens with one attached hydrogen (secondary N) is 1. The van der Waals surface area contributed by atoms with E-state index in [1.165, 1.54) is 12.8 Å². The van der Waals surface area contributed by atoms with Crippen LogP contribution in [0.3, 0.4) is 0 Å². The summed E-state index contributed by atoms with van der Waals surface area (Å²) in [6, 6.07) is 6.09. The largest absolute Gasteiger partial charge is 0.369 e. The highest BCUT2D eigenvalue weighted by atomic mass is 35.5. The molecule has 17 heavy (non-hydrogen) atoms. The average molecular weight is 251 g/mol. The van der Waals surface area contributed by atoms with Crippen molar-refractivity contribution in [2.75, 3.05) is 25.5 Å². The number of aromatic nitrogens is 1. The minimum absolute atomic E-state index is 0.349.